The third kappa shape index (κ3) is 5.21. The van der Waals surface area contributed by atoms with E-state index in [1.165, 1.54) is 12.0 Å². The number of nitrogens with zero attached hydrogens (tertiary/aromatic N) is 1. The minimum absolute atomic E-state index is 0.0140. The van der Waals surface area contributed by atoms with Crippen LogP contribution in [-0.2, 0) is 14.3 Å². The zero-order chi connectivity index (χ0) is 25.0. The molecule has 0 aromatic heterocycles. The lowest BCUT2D eigenvalue weighted by Crippen LogP contribution is -2.31. The highest BCUT2D eigenvalue weighted by Crippen LogP contribution is 2.43. The van der Waals surface area contributed by atoms with E-state index in [4.69, 9.17) is 25.8 Å². The summed E-state index contributed by atoms with van der Waals surface area (Å²) < 4.78 is 16.3. The van der Waals surface area contributed by atoms with E-state index in [0.29, 0.717) is 29.4 Å². The summed E-state index contributed by atoms with van der Waals surface area (Å²) >= 11 is 6.33. The molecule has 1 unspecified atom stereocenters. The van der Waals surface area contributed by atoms with Gasteiger partial charge in [0.15, 0.2) is 0 Å². The van der Waals surface area contributed by atoms with E-state index in [1.807, 2.05) is 20.8 Å². The molecule has 2 aromatic rings. The Morgan fingerprint density at radius 1 is 1.12 bits per heavy atom. The Balaban J connectivity index is 2.13. The molecule has 0 radical (unpaired) electrons. The molecule has 1 saturated heterocycles. The largest absolute Gasteiger partial charge is 0.507 e. The fraction of sp³-hybridized carbons (Fsp3) is 0.385. The number of Topliss-reactive ketones (excluding diaryl/α,β-unsaturated/α-hetero) is 1. The number of ketones is 1. The topological polar surface area (TPSA) is 85.3 Å². The number of aliphatic hydroxyl groups is 1. The van der Waals surface area contributed by atoms with Crippen LogP contribution in [0.15, 0.2) is 42.0 Å². The Morgan fingerprint density at radius 3 is 2.38 bits per heavy atom. The van der Waals surface area contributed by atoms with E-state index in [0.717, 1.165) is 5.56 Å². The van der Waals surface area contributed by atoms with E-state index in [1.54, 1.807) is 43.5 Å². The summed E-state index contributed by atoms with van der Waals surface area (Å²) in [5.74, 6) is -0.900. The van der Waals surface area contributed by atoms with Crippen molar-refractivity contribution in [3.8, 4) is 11.5 Å². The van der Waals surface area contributed by atoms with Gasteiger partial charge in [-0.1, -0.05) is 23.7 Å². The first kappa shape index (κ1) is 25.6. The molecule has 1 amide bonds. The fourth-order valence-electron chi connectivity index (χ4n) is 4.05. The molecule has 2 aromatic carbocycles. The predicted octanol–water partition coefficient (Wildman–Crippen LogP) is 4.90. The maximum Gasteiger partial charge on any atom is 0.295 e. The van der Waals surface area contributed by atoms with Crippen molar-refractivity contribution in [3.63, 3.8) is 0 Å². The zero-order valence-corrected chi connectivity index (χ0v) is 20.8. The number of halogens is 1. The second kappa shape index (κ2) is 10.9. The van der Waals surface area contributed by atoms with Crippen molar-refractivity contribution in [2.24, 2.45) is 0 Å². The normalized spacial score (nSPS) is 17.5. The predicted molar refractivity (Wildman–Crippen MR) is 130 cm³/mol. The average Bonchev–Trinajstić information content (AvgIpc) is 3.05. The quantitative estimate of drug-likeness (QED) is 0.234. The first-order valence-corrected chi connectivity index (χ1v) is 11.5. The summed E-state index contributed by atoms with van der Waals surface area (Å²) in [7, 11) is 2.99. The number of hydrogen-bond acceptors (Lipinski definition) is 6. The molecule has 7 nitrogen and oxygen atoms in total. The standard InChI is InChI=1S/C26H30ClNO6/c1-15(2)34-12-6-11-28-22(17-7-9-18(32-4)10-8-17)21(24(30)26(28)31)23(29)19-13-16(3)14-20(27)25(19)33-5/h7-10,13-15,22,29H,6,11-12H2,1-5H3/b23-21+. The SMILES string of the molecule is COc1ccc(C2/C(=C(\O)c3cc(C)cc(Cl)c3OC)C(=O)C(=O)N2CCCOC(C)C)cc1. The summed E-state index contributed by atoms with van der Waals surface area (Å²) in [5.41, 5.74) is 1.68. The molecular formula is C26H30ClNO6. The lowest BCUT2D eigenvalue weighted by Gasteiger charge is -2.26. The van der Waals surface area contributed by atoms with E-state index < -0.39 is 17.7 Å². The molecule has 0 spiro atoms. The average molecular weight is 488 g/mol. The van der Waals surface area contributed by atoms with Crippen molar-refractivity contribution in [2.75, 3.05) is 27.4 Å². The van der Waals surface area contributed by atoms with Crippen LogP contribution in [0.5, 0.6) is 11.5 Å². The van der Waals surface area contributed by atoms with Crippen molar-refractivity contribution in [1.82, 2.24) is 4.90 Å². The van der Waals surface area contributed by atoms with Gasteiger partial charge in [-0.05, 0) is 62.6 Å². The van der Waals surface area contributed by atoms with Gasteiger partial charge in [-0.3, -0.25) is 9.59 Å². The van der Waals surface area contributed by atoms with Gasteiger partial charge in [-0.2, -0.15) is 0 Å². The maximum atomic E-state index is 13.2. The molecule has 1 aliphatic rings. The molecule has 34 heavy (non-hydrogen) atoms. The van der Waals surface area contributed by atoms with Crippen molar-refractivity contribution in [2.45, 2.75) is 39.3 Å². The smallest absolute Gasteiger partial charge is 0.295 e. The molecule has 0 aliphatic carbocycles. The van der Waals surface area contributed by atoms with Gasteiger partial charge in [0.1, 0.15) is 17.3 Å². The molecule has 1 heterocycles. The van der Waals surface area contributed by atoms with Gasteiger partial charge in [-0.15, -0.1) is 0 Å². The minimum Gasteiger partial charge on any atom is -0.507 e. The number of carbonyl (C=O) groups excluding carboxylic acids is 2. The van der Waals surface area contributed by atoms with E-state index in [-0.39, 0.29) is 35.3 Å². The summed E-state index contributed by atoms with van der Waals surface area (Å²) in [6.07, 6.45) is 0.601. The Labute approximate surface area is 204 Å². The number of amides is 1. The zero-order valence-electron chi connectivity index (χ0n) is 20.1. The van der Waals surface area contributed by atoms with Crippen molar-refractivity contribution < 1.29 is 28.9 Å². The molecule has 182 valence electrons. The van der Waals surface area contributed by atoms with Gasteiger partial charge in [0.2, 0.25) is 0 Å². The molecule has 0 bridgehead atoms. The summed E-state index contributed by atoms with van der Waals surface area (Å²) in [4.78, 5) is 27.8. The number of likely N-dealkylation sites (tertiary alicyclic amines) is 1. The minimum atomic E-state index is -0.783. The maximum absolute atomic E-state index is 13.2. The number of carbonyl (C=O) groups is 2. The molecule has 1 N–H and O–H groups in total. The molecule has 3 rings (SSSR count). The third-order valence-electron chi connectivity index (χ3n) is 5.61. The van der Waals surface area contributed by atoms with E-state index in [9.17, 15) is 14.7 Å². The summed E-state index contributed by atoms with van der Waals surface area (Å²) in [6.45, 7) is 6.41. The van der Waals surface area contributed by atoms with Gasteiger partial charge in [0.05, 0.1) is 42.5 Å². The monoisotopic (exact) mass is 487 g/mol. The highest BCUT2D eigenvalue weighted by atomic mass is 35.5. The number of hydrogen-bond donors (Lipinski definition) is 1. The second-order valence-corrected chi connectivity index (χ2v) is 8.77. The molecule has 1 atom stereocenters. The van der Waals surface area contributed by atoms with Crippen LogP contribution < -0.4 is 9.47 Å². The van der Waals surface area contributed by atoms with Crippen LogP contribution in [0, 0.1) is 6.92 Å². The molecule has 0 saturated carbocycles. The van der Waals surface area contributed by atoms with Gasteiger partial charge in [-0.25, -0.2) is 0 Å². The Kier molecular flexibility index (Phi) is 8.23. The Bertz CT molecular complexity index is 1090. The second-order valence-electron chi connectivity index (χ2n) is 8.37. The van der Waals surface area contributed by atoms with Crippen LogP contribution in [0.25, 0.3) is 5.76 Å². The Hall–Kier alpha value is -3.03. The Morgan fingerprint density at radius 2 is 1.79 bits per heavy atom. The van der Waals surface area contributed by atoms with Gasteiger partial charge < -0.3 is 24.2 Å². The number of aliphatic hydroxyl groups excluding tert-OH is 1. The fourth-order valence-corrected chi connectivity index (χ4v) is 4.41. The molecular weight excluding hydrogens is 458 g/mol. The van der Waals surface area contributed by atoms with Crippen molar-refractivity contribution in [3.05, 3.63) is 63.7 Å². The number of aryl methyl sites for hydroxylation is 1. The number of ether oxygens (including phenoxy) is 3. The lowest BCUT2D eigenvalue weighted by molar-refractivity contribution is -0.140. The van der Waals surface area contributed by atoms with Gasteiger partial charge >= 0.3 is 0 Å². The first-order valence-electron chi connectivity index (χ1n) is 11.1. The number of benzene rings is 2. The molecule has 1 fully saturated rings. The van der Waals surface area contributed by atoms with Crippen LogP contribution in [0.3, 0.4) is 0 Å². The molecule has 8 heteroatoms. The molecule has 1 aliphatic heterocycles. The van der Waals surface area contributed by atoms with E-state index >= 15 is 0 Å². The highest BCUT2D eigenvalue weighted by molar-refractivity contribution is 6.46. The lowest BCUT2D eigenvalue weighted by atomic mass is 9.94. The highest BCUT2D eigenvalue weighted by Gasteiger charge is 2.46. The van der Waals surface area contributed by atoms with E-state index in [2.05, 4.69) is 0 Å². The summed E-state index contributed by atoms with van der Waals surface area (Å²) in [5, 5.41) is 11.7. The first-order chi connectivity index (χ1) is 16.2. The number of methoxy groups -OCH3 is 2. The van der Waals surface area contributed by atoms with Crippen molar-refractivity contribution >= 4 is 29.1 Å². The van der Waals surface area contributed by atoms with Crippen LogP contribution in [0.2, 0.25) is 5.02 Å². The van der Waals surface area contributed by atoms with Crippen molar-refractivity contribution in [1.29, 1.82) is 0 Å². The van der Waals surface area contributed by atoms with Gasteiger partial charge in [0.25, 0.3) is 11.7 Å². The van der Waals surface area contributed by atoms with Crippen LogP contribution in [0.1, 0.15) is 43.0 Å². The van der Waals surface area contributed by atoms with Crippen LogP contribution >= 0.6 is 11.6 Å². The summed E-state index contributed by atoms with van der Waals surface area (Å²) in [6, 6.07) is 9.65. The van der Waals surface area contributed by atoms with Gasteiger partial charge in [0, 0.05) is 13.2 Å². The van der Waals surface area contributed by atoms with Crippen LogP contribution in [0.4, 0.5) is 0 Å². The number of rotatable bonds is 9. The van der Waals surface area contributed by atoms with Crippen LogP contribution in [-0.4, -0.2) is 55.2 Å². The third-order valence-corrected chi connectivity index (χ3v) is 5.89.